The highest BCUT2D eigenvalue weighted by atomic mass is 16.5. The molecule has 1 aliphatic heterocycles. The molecule has 0 bridgehead atoms. The minimum Gasteiger partial charge on any atom is -0.383 e. The summed E-state index contributed by atoms with van der Waals surface area (Å²) in [5.41, 5.74) is 5.92. The van der Waals surface area contributed by atoms with Crippen molar-refractivity contribution in [1.82, 2.24) is 5.32 Å². The summed E-state index contributed by atoms with van der Waals surface area (Å²) in [7, 11) is 1.75. The Morgan fingerprint density at radius 1 is 1.44 bits per heavy atom. The summed E-state index contributed by atoms with van der Waals surface area (Å²) < 4.78 is 11.0. The van der Waals surface area contributed by atoms with Crippen molar-refractivity contribution >= 4 is 0 Å². The lowest BCUT2D eigenvalue weighted by Gasteiger charge is -2.34. The van der Waals surface area contributed by atoms with Crippen molar-refractivity contribution in [2.24, 2.45) is 11.7 Å². The van der Waals surface area contributed by atoms with Crippen LogP contribution in [0.25, 0.3) is 0 Å². The Labute approximate surface area is 97.9 Å². The number of hydrogen-bond donors (Lipinski definition) is 2. The molecular weight excluding hydrogens is 204 g/mol. The first-order valence-corrected chi connectivity index (χ1v) is 6.36. The molecule has 0 aromatic heterocycles. The van der Waals surface area contributed by atoms with Crippen LogP contribution in [0.3, 0.4) is 0 Å². The molecular formula is C12H24N2O2. The van der Waals surface area contributed by atoms with Crippen LogP contribution in [0.15, 0.2) is 0 Å². The Bertz CT molecular complexity index is 215. The van der Waals surface area contributed by atoms with Crippen molar-refractivity contribution in [3.8, 4) is 0 Å². The van der Waals surface area contributed by atoms with E-state index in [0.717, 1.165) is 13.2 Å². The van der Waals surface area contributed by atoms with Gasteiger partial charge in [-0.05, 0) is 31.6 Å². The fourth-order valence-electron chi connectivity index (χ4n) is 2.63. The standard InChI is InChI=1S/C12H24N2O2/c1-15-9-12(8-13,10-4-5-10)14-7-11-3-2-6-16-11/h10-11,14H,2-9,13H2,1H3. The van der Waals surface area contributed by atoms with Gasteiger partial charge in [-0.1, -0.05) is 0 Å². The second-order valence-corrected chi connectivity index (χ2v) is 5.08. The van der Waals surface area contributed by atoms with E-state index in [1.807, 2.05) is 0 Å². The van der Waals surface area contributed by atoms with Crippen LogP contribution in [-0.2, 0) is 9.47 Å². The molecule has 1 saturated heterocycles. The molecule has 2 unspecified atom stereocenters. The molecule has 2 aliphatic rings. The number of nitrogens with one attached hydrogen (secondary N) is 1. The molecule has 4 heteroatoms. The summed E-state index contributed by atoms with van der Waals surface area (Å²) in [5, 5.41) is 3.61. The second-order valence-electron chi connectivity index (χ2n) is 5.08. The van der Waals surface area contributed by atoms with Gasteiger partial charge in [-0.3, -0.25) is 0 Å². The average Bonchev–Trinajstić information content (AvgIpc) is 3.03. The van der Waals surface area contributed by atoms with Crippen molar-refractivity contribution in [2.75, 3.05) is 33.4 Å². The Morgan fingerprint density at radius 3 is 2.75 bits per heavy atom. The average molecular weight is 228 g/mol. The third-order valence-electron chi connectivity index (χ3n) is 3.83. The molecule has 0 aromatic rings. The van der Waals surface area contributed by atoms with Gasteiger partial charge in [0.15, 0.2) is 0 Å². The Hall–Kier alpha value is -0.160. The number of ether oxygens (including phenoxy) is 2. The number of hydrogen-bond acceptors (Lipinski definition) is 4. The van der Waals surface area contributed by atoms with Gasteiger partial charge in [0.25, 0.3) is 0 Å². The molecule has 2 atom stereocenters. The summed E-state index contributed by atoms with van der Waals surface area (Å²) in [6, 6.07) is 0. The van der Waals surface area contributed by atoms with Gasteiger partial charge in [0.2, 0.25) is 0 Å². The van der Waals surface area contributed by atoms with Crippen molar-refractivity contribution in [1.29, 1.82) is 0 Å². The molecule has 1 heterocycles. The molecule has 0 radical (unpaired) electrons. The first kappa shape index (κ1) is 12.3. The van der Waals surface area contributed by atoms with E-state index in [4.69, 9.17) is 15.2 Å². The SMILES string of the molecule is COCC(CN)(NCC1CCCO1)C1CC1. The van der Waals surface area contributed by atoms with E-state index in [9.17, 15) is 0 Å². The summed E-state index contributed by atoms with van der Waals surface area (Å²) in [5.74, 6) is 0.693. The smallest absolute Gasteiger partial charge is 0.0700 e. The quantitative estimate of drug-likeness (QED) is 0.666. The zero-order chi connectivity index (χ0) is 11.4. The summed E-state index contributed by atoms with van der Waals surface area (Å²) in [6.45, 7) is 3.19. The minimum atomic E-state index is -0.0132. The van der Waals surface area contributed by atoms with Gasteiger partial charge in [-0.25, -0.2) is 0 Å². The maximum atomic E-state index is 5.94. The summed E-state index contributed by atoms with van der Waals surface area (Å²) in [6.07, 6.45) is 5.29. The van der Waals surface area contributed by atoms with Crippen LogP contribution in [-0.4, -0.2) is 45.1 Å². The Morgan fingerprint density at radius 2 is 2.25 bits per heavy atom. The monoisotopic (exact) mass is 228 g/mol. The van der Waals surface area contributed by atoms with Crippen molar-refractivity contribution in [3.63, 3.8) is 0 Å². The Balaban J connectivity index is 1.84. The van der Waals surface area contributed by atoms with Crippen LogP contribution in [0.2, 0.25) is 0 Å². The number of rotatable bonds is 7. The summed E-state index contributed by atoms with van der Waals surface area (Å²) >= 11 is 0. The lowest BCUT2D eigenvalue weighted by atomic mass is 9.94. The van der Waals surface area contributed by atoms with E-state index in [1.54, 1.807) is 7.11 Å². The molecule has 4 nitrogen and oxygen atoms in total. The van der Waals surface area contributed by atoms with Crippen LogP contribution >= 0.6 is 0 Å². The third-order valence-corrected chi connectivity index (χ3v) is 3.83. The van der Waals surface area contributed by atoms with E-state index < -0.39 is 0 Å². The minimum absolute atomic E-state index is 0.0132. The topological polar surface area (TPSA) is 56.5 Å². The van der Waals surface area contributed by atoms with Gasteiger partial charge in [-0.15, -0.1) is 0 Å². The maximum Gasteiger partial charge on any atom is 0.0700 e. The zero-order valence-electron chi connectivity index (χ0n) is 10.2. The fourth-order valence-corrected chi connectivity index (χ4v) is 2.63. The molecule has 1 aliphatic carbocycles. The molecule has 2 rings (SSSR count). The van der Waals surface area contributed by atoms with Crippen LogP contribution in [0.4, 0.5) is 0 Å². The highest BCUT2D eigenvalue weighted by Crippen LogP contribution is 2.39. The molecule has 16 heavy (non-hydrogen) atoms. The predicted octanol–water partition coefficient (Wildman–Crippen LogP) is 0.509. The van der Waals surface area contributed by atoms with Crippen molar-refractivity contribution in [2.45, 2.75) is 37.3 Å². The molecule has 0 spiro atoms. The maximum absolute atomic E-state index is 5.94. The van der Waals surface area contributed by atoms with Gasteiger partial charge in [0.05, 0.1) is 18.2 Å². The number of nitrogens with two attached hydrogens (primary N) is 1. The van der Waals surface area contributed by atoms with Gasteiger partial charge >= 0.3 is 0 Å². The second kappa shape index (κ2) is 5.45. The molecule has 1 saturated carbocycles. The number of methoxy groups -OCH3 is 1. The third kappa shape index (κ3) is 2.74. The molecule has 3 N–H and O–H groups in total. The largest absolute Gasteiger partial charge is 0.383 e. The van der Waals surface area contributed by atoms with E-state index in [-0.39, 0.29) is 5.54 Å². The Kier molecular flexibility index (Phi) is 4.19. The van der Waals surface area contributed by atoms with Crippen LogP contribution in [0.5, 0.6) is 0 Å². The lowest BCUT2D eigenvalue weighted by Crippen LogP contribution is -2.58. The van der Waals surface area contributed by atoms with Crippen molar-refractivity contribution in [3.05, 3.63) is 0 Å². The zero-order valence-corrected chi connectivity index (χ0v) is 10.2. The predicted molar refractivity (Wildman–Crippen MR) is 63.4 cm³/mol. The highest BCUT2D eigenvalue weighted by molar-refractivity contribution is 5.02. The van der Waals surface area contributed by atoms with Crippen LogP contribution in [0.1, 0.15) is 25.7 Å². The van der Waals surface area contributed by atoms with Crippen molar-refractivity contribution < 1.29 is 9.47 Å². The first-order valence-electron chi connectivity index (χ1n) is 6.36. The van der Waals surface area contributed by atoms with Crippen LogP contribution in [0, 0.1) is 5.92 Å². The molecule has 0 aromatic carbocycles. The van der Waals surface area contributed by atoms with E-state index >= 15 is 0 Å². The summed E-state index contributed by atoms with van der Waals surface area (Å²) in [4.78, 5) is 0. The van der Waals surface area contributed by atoms with Gasteiger partial charge in [0, 0.05) is 26.8 Å². The van der Waals surface area contributed by atoms with E-state index in [2.05, 4.69) is 5.32 Å². The molecule has 94 valence electrons. The molecule has 0 amide bonds. The molecule has 2 fully saturated rings. The fraction of sp³-hybridized carbons (Fsp3) is 1.00. The van der Waals surface area contributed by atoms with E-state index in [0.29, 0.717) is 25.2 Å². The first-order chi connectivity index (χ1) is 7.80. The normalized spacial score (nSPS) is 29.2. The van der Waals surface area contributed by atoms with Crippen LogP contribution < -0.4 is 11.1 Å². The van der Waals surface area contributed by atoms with Gasteiger partial charge < -0.3 is 20.5 Å². The van der Waals surface area contributed by atoms with E-state index in [1.165, 1.54) is 25.7 Å². The highest BCUT2D eigenvalue weighted by Gasteiger charge is 2.44. The lowest BCUT2D eigenvalue weighted by molar-refractivity contribution is 0.0681. The van der Waals surface area contributed by atoms with Gasteiger partial charge in [0.1, 0.15) is 0 Å². The van der Waals surface area contributed by atoms with Gasteiger partial charge in [-0.2, -0.15) is 0 Å².